The Hall–Kier alpha value is -0.960. The van der Waals surface area contributed by atoms with E-state index in [4.69, 9.17) is 0 Å². The van der Waals surface area contributed by atoms with Crippen molar-refractivity contribution in [2.45, 2.75) is 27.7 Å². The van der Waals surface area contributed by atoms with Crippen molar-refractivity contribution in [1.82, 2.24) is 9.97 Å². The van der Waals surface area contributed by atoms with Gasteiger partial charge in [-0.15, -0.1) is 11.3 Å². The first-order chi connectivity index (χ1) is 6.25. The van der Waals surface area contributed by atoms with E-state index in [-0.39, 0.29) is 0 Å². The van der Waals surface area contributed by atoms with Crippen LogP contribution in [0.25, 0.3) is 10.2 Å². The van der Waals surface area contributed by atoms with Crippen molar-refractivity contribution >= 4 is 21.6 Å². The summed E-state index contributed by atoms with van der Waals surface area (Å²) in [4.78, 5) is 10.8. The van der Waals surface area contributed by atoms with Crippen molar-refractivity contribution in [3.8, 4) is 0 Å². The molecule has 2 aromatic rings. The molecule has 13 heavy (non-hydrogen) atoms. The van der Waals surface area contributed by atoms with Crippen LogP contribution in [0.15, 0.2) is 12.3 Å². The summed E-state index contributed by atoms with van der Waals surface area (Å²) in [6.45, 7) is 8.00. The summed E-state index contributed by atoms with van der Waals surface area (Å²) in [6.07, 6.45) is 1.88. The van der Waals surface area contributed by atoms with E-state index in [0.29, 0.717) is 0 Å². The molecule has 70 valence electrons. The lowest BCUT2D eigenvalue weighted by molar-refractivity contribution is 1.10. The van der Waals surface area contributed by atoms with Gasteiger partial charge in [0.05, 0.1) is 0 Å². The van der Waals surface area contributed by atoms with Crippen LogP contribution in [-0.2, 0) is 0 Å². The van der Waals surface area contributed by atoms with E-state index >= 15 is 0 Å². The van der Waals surface area contributed by atoms with E-state index < -0.39 is 0 Å². The molecule has 2 rings (SSSR count). The zero-order valence-corrected chi connectivity index (χ0v) is 9.27. The molecule has 0 amide bonds. The number of hydrogen-bond donors (Lipinski definition) is 0. The van der Waals surface area contributed by atoms with Crippen LogP contribution in [0.2, 0.25) is 0 Å². The summed E-state index contributed by atoms with van der Waals surface area (Å²) in [5.41, 5.74) is 0. The van der Waals surface area contributed by atoms with E-state index in [1.807, 2.05) is 27.0 Å². The second-order valence-corrected chi connectivity index (χ2v) is 3.77. The highest BCUT2D eigenvalue weighted by molar-refractivity contribution is 7.18. The van der Waals surface area contributed by atoms with Crippen LogP contribution in [0.4, 0.5) is 0 Å². The fraction of sp³-hybridized carbons (Fsp3) is 0.400. The van der Waals surface area contributed by atoms with Crippen molar-refractivity contribution in [2.75, 3.05) is 0 Å². The molecule has 0 spiro atoms. The van der Waals surface area contributed by atoms with E-state index in [1.54, 1.807) is 11.3 Å². The number of aryl methyl sites for hydroxylation is 2. The van der Waals surface area contributed by atoms with E-state index in [2.05, 4.69) is 23.0 Å². The first-order valence-electron chi connectivity index (χ1n) is 4.45. The number of fused-ring (bicyclic) bond motifs is 1. The standard InChI is InChI=1S/C8H8N2S.C2H6/c1-5-3-7-4-9-6(2)10-8(7)11-5;1-2/h3-4H,1-2H3;1-2H3. The van der Waals surface area contributed by atoms with E-state index in [0.717, 1.165) is 16.0 Å². The van der Waals surface area contributed by atoms with Crippen molar-refractivity contribution in [2.24, 2.45) is 0 Å². The average molecular weight is 194 g/mol. The van der Waals surface area contributed by atoms with Gasteiger partial charge in [-0.3, -0.25) is 0 Å². The van der Waals surface area contributed by atoms with E-state index in [1.165, 1.54) is 4.88 Å². The molecule has 0 fully saturated rings. The summed E-state index contributed by atoms with van der Waals surface area (Å²) in [5, 5.41) is 1.15. The Kier molecular flexibility index (Phi) is 3.37. The summed E-state index contributed by atoms with van der Waals surface area (Å²) in [7, 11) is 0. The fourth-order valence-corrected chi connectivity index (χ4v) is 1.94. The molecule has 3 heteroatoms. The monoisotopic (exact) mass is 194 g/mol. The molecule has 0 aromatic carbocycles. The summed E-state index contributed by atoms with van der Waals surface area (Å²) >= 11 is 1.72. The zero-order valence-electron chi connectivity index (χ0n) is 8.46. The molecule has 0 bridgehead atoms. The molecule has 0 aliphatic carbocycles. The molecule has 2 aromatic heterocycles. The SMILES string of the molecule is CC.Cc1ncc2cc(C)sc2n1. The number of hydrogen-bond acceptors (Lipinski definition) is 3. The maximum Gasteiger partial charge on any atom is 0.127 e. The minimum Gasteiger partial charge on any atom is -0.241 e. The molecule has 0 unspecified atom stereocenters. The lowest BCUT2D eigenvalue weighted by Crippen LogP contribution is -1.82. The van der Waals surface area contributed by atoms with Gasteiger partial charge in [0.1, 0.15) is 10.7 Å². The normalized spacial score (nSPS) is 9.54. The highest BCUT2D eigenvalue weighted by Crippen LogP contribution is 2.21. The number of aromatic nitrogens is 2. The molecule has 0 aliphatic rings. The minimum absolute atomic E-state index is 0.847. The largest absolute Gasteiger partial charge is 0.241 e. The number of nitrogens with zero attached hydrogens (tertiary/aromatic N) is 2. The van der Waals surface area contributed by atoms with Crippen LogP contribution in [-0.4, -0.2) is 9.97 Å². The molecule has 0 N–H and O–H groups in total. The highest BCUT2D eigenvalue weighted by atomic mass is 32.1. The lowest BCUT2D eigenvalue weighted by Gasteiger charge is -1.88. The third-order valence-electron chi connectivity index (χ3n) is 1.52. The lowest BCUT2D eigenvalue weighted by atomic mass is 10.4. The van der Waals surface area contributed by atoms with Crippen LogP contribution in [0, 0.1) is 13.8 Å². The van der Waals surface area contributed by atoms with Gasteiger partial charge in [-0.25, -0.2) is 9.97 Å². The van der Waals surface area contributed by atoms with Crippen molar-refractivity contribution < 1.29 is 0 Å². The average Bonchev–Trinajstić information content (AvgIpc) is 2.48. The van der Waals surface area contributed by atoms with Gasteiger partial charge in [0.15, 0.2) is 0 Å². The third-order valence-corrected chi connectivity index (χ3v) is 2.48. The molecule has 0 saturated heterocycles. The zero-order chi connectivity index (χ0) is 9.84. The molecule has 0 aliphatic heterocycles. The molecule has 0 atom stereocenters. The molecule has 0 saturated carbocycles. The fourth-order valence-electron chi connectivity index (χ4n) is 1.04. The van der Waals surface area contributed by atoms with Crippen LogP contribution in [0.1, 0.15) is 24.5 Å². The molecule has 2 heterocycles. The second kappa shape index (κ2) is 4.33. The van der Waals surface area contributed by atoms with Gasteiger partial charge in [-0.1, -0.05) is 13.8 Å². The summed E-state index contributed by atoms with van der Waals surface area (Å²) in [5.74, 6) is 0.847. The Morgan fingerprint density at radius 3 is 2.62 bits per heavy atom. The quantitative estimate of drug-likeness (QED) is 0.643. The summed E-state index contributed by atoms with van der Waals surface area (Å²) < 4.78 is 0. The summed E-state index contributed by atoms with van der Waals surface area (Å²) in [6, 6.07) is 2.11. The molecule has 2 nitrogen and oxygen atoms in total. The maximum absolute atomic E-state index is 4.30. The minimum atomic E-state index is 0.847. The second-order valence-electron chi connectivity index (χ2n) is 2.53. The van der Waals surface area contributed by atoms with Crippen molar-refractivity contribution in [1.29, 1.82) is 0 Å². The van der Waals surface area contributed by atoms with Gasteiger partial charge in [0, 0.05) is 16.5 Å². The Labute approximate surface area is 82.7 Å². The molecular weight excluding hydrogens is 180 g/mol. The first kappa shape index (κ1) is 10.1. The molecule has 0 radical (unpaired) electrons. The topological polar surface area (TPSA) is 25.8 Å². The number of thiophene rings is 1. The Morgan fingerprint density at radius 2 is 1.92 bits per heavy atom. The van der Waals surface area contributed by atoms with Gasteiger partial charge in [0.25, 0.3) is 0 Å². The van der Waals surface area contributed by atoms with Crippen LogP contribution in [0.3, 0.4) is 0 Å². The van der Waals surface area contributed by atoms with Gasteiger partial charge < -0.3 is 0 Å². The smallest absolute Gasteiger partial charge is 0.127 e. The van der Waals surface area contributed by atoms with Gasteiger partial charge >= 0.3 is 0 Å². The van der Waals surface area contributed by atoms with E-state index in [9.17, 15) is 0 Å². The predicted molar refractivity (Wildman–Crippen MR) is 58.2 cm³/mol. The Balaban J connectivity index is 0.000000396. The van der Waals surface area contributed by atoms with Crippen molar-refractivity contribution in [3.63, 3.8) is 0 Å². The third kappa shape index (κ3) is 2.25. The Bertz CT molecular complexity index is 393. The predicted octanol–water partition coefficient (Wildman–Crippen LogP) is 3.33. The van der Waals surface area contributed by atoms with Gasteiger partial charge in [0.2, 0.25) is 0 Å². The Morgan fingerprint density at radius 1 is 1.23 bits per heavy atom. The maximum atomic E-state index is 4.30. The van der Waals surface area contributed by atoms with Gasteiger partial charge in [-0.05, 0) is 19.9 Å². The highest BCUT2D eigenvalue weighted by Gasteiger charge is 1.98. The van der Waals surface area contributed by atoms with Crippen LogP contribution in [0.5, 0.6) is 0 Å². The number of rotatable bonds is 0. The molecular formula is C10H14N2S. The first-order valence-corrected chi connectivity index (χ1v) is 5.27. The van der Waals surface area contributed by atoms with Gasteiger partial charge in [-0.2, -0.15) is 0 Å². The van der Waals surface area contributed by atoms with Crippen LogP contribution >= 0.6 is 11.3 Å². The van der Waals surface area contributed by atoms with Crippen molar-refractivity contribution in [3.05, 3.63) is 23.0 Å². The van der Waals surface area contributed by atoms with Crippen LogP contribution < -0.4 is 0 Å².